The number of nitrogens with zero attached hydrogens (tertiary/aromatic N) is 3. The van der Waals surface area contributed by atoms with Crippen LogP contribution in [0.15, 0.2) is 60.7 Å². The summed E-state index contributed by atoms with van der Waals surface area (Å²) in [5.74, 6) is 0.345. The standard InChI is InChI=1S/C28H41N3O2S.C6H5F/c1-5-23-25(34-24(29-23)17-20-9-7-6-8-10-20)22-12-14-30(15-13-22)18-21-11-16-31(19-21)26(27(32)33)28(2,3)4;7-6-4-2-1-3-5-6/h6-10,21-22,26H,5,11-19H2,1-4H3,(H,32,33);1-5H. The Hall–Kier alpha value is -2.61. The van der Waals surface area contributed by atoms with Gasteiger partial charge in [0.15, 0.2) is 0 Å². The van der Waals surface area contributed by atoms with Gasteiger partial charge >= 0.3 is 5.97 Å². The van der Waals surface area contributed by atoms with Gasteiger partial charge in [0.25, 0.3) is 0 Å². The van der Waals surface area contributed by atoms with Gasteiger partial charge in [-0.2, -0.15) is 0 Å². The van der Waals surface area contributed by atoms with Crippen molar-refractivity contribution in [3.05, 3.63) is 87.6 Å². The predicted octanol–water partition coefficient (Wildman–Crippen LogP) is 7.12. The lowest BCUT2D eigenvalue weighted by molar-refractivity contribution is -0.147. The van der Waals surface area contributed by atoms with Crippen LogP contribution in [0.4, 0.5) is 4.39 Å². The maximum atomic E-state index is 11.9. The van der Waals surface area contributed by atoms with Crippen LogP contribution in [0.2, 0.25) is 0 Å². The van der Waals surface area contributed by atoms with Crippen LogP contribution in [0, 0.1) is 17.2 Å². The Morgan fingerprint density at radius 1 is 1.02 bits per heavy atom. The molecule has 1 aromatic heterocycles. The van der Waals surface area contributed by atoms with E-state index in [1.54, 1.807) is 18.2 Å². The second-order valence-corrected chi connectivity index (χ2v) is 13.7. The number of hydrogen-bond acceptors (Lipinski definition) is 5. The molecule has 5 nitrogen and oxygen atoms in total. The summed E-state index contributed by atoms with van der Waals surface area (Å²) in [5, 5.41) is 11.0. The van der Waals surface area contributed by atoms with E-state index < -0.39 is 12.0 Å². The van der Waals surface area contributed by atoms with Crippen molar-refractivity contribution in [1.82, 2.24) is 14.8 Å². The van der Waals surface area contributed by atoms with Crippen LogP contribution in [0.1, 0.15) is 74.0 Å². The van der Waals surface area contributed by atoms with Crippen molar-refractivity contribution in [2.24, 2.45) is 11.3 Å². The van der Waals surface area contributed by atoms with Crippen LogP contribution in [-0.4, -0.2) is 64.6 Å². The van der Waals surface area contributed by atoms with Gasteiger partial charge in [-0.15, -0.1) is 11.3 Å². The van der Waals surface area contributed by atoms with Crippen LogP contribution < -0.4 is 0 Å². The molecule has 1 N–H and O–H groups in total. The first-order valence-electron chi connectivity index (χ1n) is 15.1. The summed E-state index contributed by atoms with van der Waals surface area (Å²) < 4.78 is 11.9. The molecule has 0 amide bonds. The van der Waals surface area contributed by atoms with Gasteiger partial charge in [0.2, 0.25) is 0 Å². The summed E-state index contributed by atoms with van der Waals surface area (Å²) in [6.45, 7) is 13.5. The maximum absolute atomic E-state index is 11.9. The number of aryl methyl sites for hydroxylation is 1. The normalized spacial score (nSPS) is 19.5. The number of halogens is 1. The minimum absolute atomic E-state index is 0.178. The Bertz CT molecular complexity index is 1220. The monoisotopic (exact) mass is 579 g/mol. The van der Waals surface area contributed by atoms with Gasteiger partial charge in [0.05, 0.1) is 10.7 Å². The summed E-state index contributed by atoms with van der Waals surface area (Å²) >= 11 is 1.94. The van der Waals surface area contributed by atoms with Crippen molar-refractivity contribution in [2.45, 2.75) is 71.8 Å². The molecule has 3 heterocycles. The maximum Gasteiger partial charge on any atom is 0.321 e. The lowest BCUT2D eigenvalue weighted by atomic mass is 9.86. The van der Waals surface area contributed by atoms with Gasteiger partial charge in [-0.05, 0) is 80.3 Å². The number of piperidine rings is 1. The minimum atomic E-state index is -0.683. The molecule has 0 radical (unpaired) electrons. The number of thiazole rings is 1. The fourth-order valence-electron chi connectivity index (χ4n) is 6.31. The zero-order chi connectivity index (χ0) is 29.4. The molecular formula is C34H46FN3O2S. The highest BCUT2D eigenvalue weighted by Gasteiger charge is 2.40. The van der Waals surface area contributed by atoms with Crippen molar-refractivity contribution in [3.8, 4) is 0 Å². The third kappa shape index (κ3) is 8.94. The lowest BCUT2D eigenvalue weighted by Gasteiger charge is -2.36. The Morgan fingerprint density at radius 3 is 2.20 bits per heavy atom. The molecular weight excluding hydrogens is 533 g/mol. The summed E-state index contributed by atoms with van der Waals surface area (Å²) in [6.07, 6.45) is 5.46. The zero-order valence-corrected chi connectivity index (χ0v) is 25.9. The van der Waals surface area contributed by atoms with Crippen LogP contribution >= 0.6 is 11.3 Å². The molecule has 2 aromatic carbocycles. The van der Waals surface area contributed by atoms with E-state index >= 15 is 0 Å². The number of aliphatic carboxylic acids is 1. The summed E-state index contributed by atoms with van der Waals surface area (Å²) in [7, 11) is 0. The highest BCUT2D eigenvalue weighted by atomic mass is 32.1. The number of carbonyl (C=O) groups is 1. The topological polar surface area (TPSA) is 56.7 Å². The molecule has 2 aliphatic heterocycles. The molecule has 41 heavy (non-hydrogen) atoms. The lowest BCUT2D eigenvalue weighted by Crippen LogP contribution is -2.48. The van der Waals surface area contributed by atoms with E-state index in [0.29, 0.717) is 11.8 Å². The first-order chi connectivity index (χ1) is 19.6. The molecule has 2 aliphatic rings. The van der Waals surface area contributed by atoms with E-state index in [9.17, 15) is 14.3 Å². The fourth-order valence-corrected chi connectivity index (χ4v) is 7.67. The number of hydrogen-bond donors (Lipinski definition) is 1. The molecule has 2 unspecified atom stereocenters. The summed E-state index contributed by atoms with van der Waals surface area (Å²) in [5.41, 5.74) is 2.40. The van der Waals surface area contributed by atoms with E-state index in [2.05, 4.69) is 47.1 Å². The highest BCUT2D eigenvalue weighted by molar-refractivity contribution is 7.11. The summed E-state index contributed by atoms with van der Waals surface area (Å²) in [4.78, 5) is 23.3. The number of likely N-dealkylation sites (tertiary alicyclic amines) is 2. The minimum Gasteiger partial charge on any atom is -0.480 e. The fraction of sp³-hybridized carbons (Fsp3) is 0.529. The number of carboxylic acids is 1. The van der Waals surface area contributed by atoms with E-state index in [-0.39, 0.29) is 11.2 Å². The molecule has 7 heteroatoms. The molecule has 3 aromatic rings. The van der Waals surface area contributed by atoms with Gasteiger partial charge in [0, 0.05) is 24.4 Å². The van der Waals surface area contributed by atoms with Gasteiger partial charge < -0.3 is 10.0 Å². The van der Waals surface area contributed by atoms with E-state index in [4.69, 9.17) is 4.98 Å². The number of rotatable bonds is 8. The average Bonchev–Trinajstić information content (AvgIpc) is 3.56. The van der Waals surface area contributed by atoms with Crippen molar-refractivity contribution in [2.75, 3.05) is 32.7 Å². The first-order valence-corrected chi connectivity index (χ1v) is 15.9. The molecule has 2 atom stereocenters. The Morgan fingerprint density at radius 2 is 1.66 bits per heavy atom. The number of benzene rings is 2. The van der Waals surface area contributed by atoms with Crippen molar-refractivity contribution < 1.29 is 14.3 Å². The van der Waals surface area contributed by atoms with E-state index in [1.165, 1.54) is 46.1 Å². The van der Waals surface area contributed by atoms with Crippen LogP contribution in [-0.2, 0) is 17.6 Å². The highest BCUT2D eigenvalue weighted by Crippen LogP contribution is 2.36. The van der Waals surface area contributed by atoms with Crippen molar-refractivity contribution >= 4 is 17.3 Å². The molecule has 2 fully saturated rings. The van der Waals surface area contributed by atoms with Crippen molar-refractivity contribution in [3.63, 3.8) is 0 Å². The predicted molar refractivity (Wildman–Crippen MR) is 166 cm³/mol. The molecule has 0 aliphatic carbocycles. The Balaban J connectivity index is 0.000000483. The van der Waals surface area contributed by atoms with Crippen LogP contribution in [0.3, 0.4) is 0 Å². The zero-order valence-electron chi connectivity index (χ0n) is 25.1. The number of aromatic nitrogens is 1. The third-order valence-electron chi connectivity index (χ3n) is 8.25. The van der Waals surface area contributed by atoms with E-state index in [0.717, 1.165) is 52.0 Å². The summed E-state index contributed by atoms with van der Waals surface area (Å²) in [6, 6.07) is 18.2. The molecule has 0 spiro atoms. The van der Waals surface area contributed by atoms with Crippen LogP contribution in [0.5, 0.6) is 0 Å². The second kappa shape index (κ2) is 14.5. The first kappa shape index (κ1) is 31.3. The molecule has 5 rings (SSSR count). The smallest absolute Gasteiger partial charge is 0.321 e. The number of carboxylic acid groups (broad SMARTS) is 1. The third-order valence-corrected chi connectivity index (χ3v) is 9.51. The van der Waals surface area contributed by atoms with Gasteiger partial charge in [-0.1, -0.05) is 76.2 Å². The molecule has 0 saturated carbocycles. The molecule has 0 bridgehead atoms. The molecule has 222 valence electrons. The molecule has 2 saturated heterocycles. The Kier molecular flexibility index (Phi) is 11.1. The quantitative estimate of drug-likeness (QED) is 0.308. The van der Waals surface area contributed by atoms with Gasteiger partial charge in [-0.3, -0.25) is 9.69 Å². The van der Waals surface area contributed by atoms with E-state index in [1.807, 2.05) is 32.1 Å². The van der Waals surface area contributed by atoms with Crippen molar-refractivity contribution in [1.29, 1.82) is 0 Å². The largest absolute Gasteiger partial charge is 0.480 e. The Labute approximate surface area is 249 Å². The average molecular weight is 580 g/mol. The van der Waals surface area contributed by atoms with Crippen LogP contribution in [0.25, 0.3) is 0 Å². The van der Waals surface area contributed by atoms with Gasteiger partial charge in [-0.25, -0.2) is 9.37 Å². The van der Waals surface area contributed by atoms with Gasteiger partial charge in [0.1, 0.15) is 11.9 Å². The SMILES string of the molecule is CCc1nc(Cc2ccccc2)sc1C1CCN(CC2CCN(C(C(=O)O)C(C)(C)C)C2)CC1.Fc1ccccc1. The second-order valence-electron chi connectivity index (χ2n) is 12.6.